The molecule has 44 heavy (non-hydrogen) atoms. The van der Waals surface area contributed by atoms with Gasteiger partial charge in [-0.2, -0.15) is 4.31 Å². The fraction of sp³-hybridized carbons (Fsp3) is 0.606. The van der Waals surface area contributed by atoms with E-state index < -0.39 is 22.0 Å². The number of rotatable bonds is 11. The molecule has 4 unspecified atom stereocenters. The molecule has 2 aromatic carbocycles. The molecule has 1 aliphatic carbocycles. The zero-order valence-corrected chi connectivity index (χ0v) is 26.9. The number of carbonyl (C=O) groups excluding carboxylic acids is 1. The molecule has 0 aromatic heterocycles. The third kappa shape index (κ3) is 7.99. The van der Waals surface area contributed by atoms with Crippen molar-refractivity contribution in [3.05, 3.63) is 65.2 Å². The number of alkyl halides is 2. The molecule has 2 aliphatic heterocycles. The van der Waals surface area contributed by atoms with Crippen LogP contribution in [0.5, 0.6) is 0 Å². The monoisotopic (exact) mass is 651 g/mol. The topological polar surface area (TPSA) is 87.7 Å². The third-order valence-electron chi connectivity index (χ3n) is 9.89. The van der Waals surface area contributed by atoms with Crippen molar-refractivity contribution < 1.29 is 26.7 Å². The van der Waals surface area contributed by atoms with Gasteiger partial charge < -0.3 is 15.4 Å². The van der Waals surface area contributed by atoms with E-state index >= 15 is 0 Å². The van der Waals surface area contributed by atoms with E-state index in [0.717, 1.165) is 18.4 Å². The standard InChI is InChI=1S/C33H44ClF2N3O4S/c1-32(14-18-43-19-15-32)29(24-10-12-26(34)13-11-24)20-31(40)38-30-22-33(35,36)21-25(30)6-5-7-27-23-37-16-17-39(27)44(41,42)28-8-3-2-4-9-28/h2-4,8-13,25,27,29-30,37H,5-7,14-23H2,1H3,(H,38,40). The van der Waals surface area contributed by atoms with Crippen molar-refractivity contribution >= 4 is 27.5 Å². The van der Waals surface area contributed by atoms with Crippen LogP contribution >= 0.6 is 11.6 Å². The maximum absolute atomic E-state index is 14.7. The number of ether oxygens (including phenoxy) is 1. The van der Waals surface area contributed by atoms with Crippen molar-refractivity contribution in [2.24, 2.45) is 11.3 Å². The van der Waals surface area contributed by atoms with Crippen LogP contribution in [0.15, 0.2) is 59.5 Å². The highest BCUT2D eigenvalue weighted by Gasteiger charge is 2.47. The summed E-state index contributed by atoms with van der Waals surface area (Å²) in [6.07, 6.45) is 2.81. The van der Waals surface area contributed by atoms with Crippen molar-refractivity contribution in [2.75, 3.05) is 32.8 Å². The number of nitrogens with zero attached hydrogens (tertiary/aromatic N) is 1. The second kappa shape index (κ2) is 14.1. The molecule has 0 radical (unpaired) electrons. The van der Waals surface area contributed by atoms with E-state index in [-0.39, 0.29) is 53.4 Å². The number of amides is 1. The smallest absolute Gasteiger partial charge is 0.250 e. The minimum absolute atomic E-state index is 0.0969. The van der Waals surface area contributed by atoms with E-state index in [1.807, 2.05) is 24.3 Å². The van der Waals surface area contributed by atoms with Crippen molar-refractivity contribution in [2.45, 2.75) is 87.1 Å². The molecule has 2 saturated heterocycles. The molecular weight excluding hydrogens is 608 g/mol. The van der Waals surface area contributed by atoms with Gasteiger partial charge in [0.25, 0.3) is 5.92 Å². The minimum atomic E-state index is -3.66. The largest absolute Gasteiger partial charge is 0.381 e. The summed E-state index contributed by atoms with van der Waals surface area (Å²) < 4.78 is 63.3. The summed E-state index contributed by atoms with van der Waals surface area (Å²) in [4.78, 5) is 13.8. The zero-order chi connectivity index (χ0) is 31.4. The van der Waals surface area contributed by atoms with Crippen LogP contribution in [0, 0.1) is 11.3 Å². The number of halogens is 3. The van der Waals surface area contributed by atoms with Gasteiger partial charge in [0.2, 0.25) is 15.9 Å². The number of carbonyl (C=O) groups is 1. The first kappa shape index (κ1) is 33.3. The van der Waals surface area contributed by atoms with Crippen LogP contribution in [0.1, 0.15) is 69.8 Å². The molecule has 11 heteroatoms. The van der Waals surface area contributed by atoms with Crippen LogP contribution in [0.25, 0.3) is 0 Å². The number of nitrogens with one attached hydrogen (secondary N) is 2. The van der Waals surface area contributed by atoms with Crippen LogP contribution in [0.3, 0.4) is 0 Å². The van der Waals surface area contributed by atoms with E-state index in [9.17, 15) is 22.0 Å². The molecule has 0 spiro atoms. The highest BCUT2D eigenvalue weighted by Crippen LogP contribution is 2.46. The molecular formula is C33H44ClF2N3O4S. The molecule has 3 fully saturated rings. The Balaban J connectivity index is 1.22. The SMILES string of the molecule is CC1(C(CC(=O)NC2CC(F)(F)CC2CCCC2CNCCN2S(=O)(=O)c2ccccc2)c2ccc(Cl)cc2)CCOCC1. The molecule has 2 heterocycles. The summed E-state index contributed by atoms with van der Waals surface area (Å²) in [6.45, 7) is 4.87. The summed E-state index contributed by atoms with van der Waals surface area (Å²) in [5.74, 6) is -3.54. The van der Waals surface area contributed by atoms with Crippen LogP contribution < -0.4 is 10.6 Å². The molecule has 2 aromatic rings. The second-order valence-corrected chi connectivity index (χ2v) is 15.3. The van der Waals surface area contributed by atoms with Crippen molar-refractivity contribution in [3.63, 3.8) is 0 Å². The molecule has 1 saturated carbocycles. The summed E-state index contributed by atoms with van der Waals surface area (Å²) in [6, 6.07) is 15.1. The Morgan fingerprint density at radius 3 is 2.50 bits per heavy atom. The normalized spacial score (nSPS) is 26.2. The maximum Gasteiger partial charge on any atom is 0.250 e. The van der Waals surface area contributed by atoms with E-state index in [4.69, 9.17) is 16.3 Å². The van der Waals surface area contributed by atoms with E-state index in [2.05, 4.69) is 17.6 Å². The van der Waals surface area contributed by atoms with Gasteiger partial charge in [0, 0.05) is 69.2 Å². The Morgan fingerprint density at radius 1 is 1.09 bits per heavy atom. The highest BCUT2D eigenvalue weighted by molar-refractivity contribution is 7.89. The first-order chi connectivity index (χ1) is 21.0. The van der Waals surface area contributed by atoms with E-state index in [1.165, 1.54) is 0 Å². The molecule has 0 bridgehead atoms. The Labute approximate surface area is 265 Å². The average Bonchev–Trinajstić information content (AvgIpc) is 3.29. The highest BCUT2D eigenvalue weighted by atomic mass is 35.5. The van der Waals surface area contributed by atoms with Crippen molar-refractivity contribution in [3.8, 4) is 0 Å². The van der Waals surface area contributed by atoms with Crippen molar-refractivity contribution in [1.82, 2.24) is 14.9 Å². The van der Waals surface area contributed by atoms with Crippen LogP contribution in [-0.4, -0.2) is 69.5 Å². The number of piperazine rings is 1. The van der Waals surface area contributed by atoms with Gasteiger partial charge in [0.1, 0.15) is 0 Å². The molecule has 3 aliphatic rings. The lowest BCUT2D eigenvalue weighted by Crippen LogP contribution is -2.53. The van der Waals surface area contributed by atoms with Crippen LogP contribution in [0.4, 0.5) is 8.78 Å². The van der Waals surface area contributed by atoms with Gasteiger partial charge in [-0.15, -0.1) is 0 Å². The Hall–Kier alpha value is -2.11. The van der Waals surface area contributed by atoms with E-state index in [1.54, 1.807) is 34.6 Å². The molecule has 1 amide bonds. The van der Waals surface area contributed by atoms with E-state index in [0.29, 0.717) is 57.1 Å². The summed E-state index contributed by atoms with van der Waals surface area (Å²) in [7, 11) is -3.66. The summed E-state index contributed by atoms with van der Waals surface area (Å²) in [5.41, 5.74) is 0.848. The molecule has 242 valence electrons. The zero-order valence-electron chi connectivity index (χ0n) is 25.3. The number of hydrogen-bond acceptors (Lipinski definition) is 5. The lowest BCUT2D eigenvalue weighted by molar-refractivity contribution is -0.123. The lowest BCUT2D eigenvalue weighted by Gasteiger charge is -2.41. The quantitative estimate of drug-likeness (QED) is 0.312. The molecule has 2 N–H and O–H groups in total. The molecule has 4 atom stereocenters. The first-order valence-electron chi connectivity index (χ1n) is 15.7. The molecule has 5 rings (SSSR count). The second-order valence-electron chi connectivity index (χ2n) is 13.0. The maximum atomic E-state index is 14.7. The van der Waals surface area contributed by atoms with Gasteiger partial charge in [-0.1, -0.05) is 55.3 Å². The minimum Gasteiger partial charge on any atom is -0.381 e. The van der Waals surface area contributed by atoms with Gasteiger partial charge in [0.05, 0.1) is 4.90 Å². The lowest BCUT2D eigenvalue weighted by atomic mass is 9.67. The van der Waals surface area contributed by atoms with Gasteiger partial charge in [-0.25, -0.2) is 17.2 Å². The predicted molar refractivity (Wildman–Crippen MR) is 167 cm³/mol. The number of sulfonamides is 1. The predicted octanol–water partition coefficient (Wildman–Crippen LogP) is 5.99. The summed E-state index contributed by atoms with van der Waals surface area (Å²) >= 11 is 6.14. The summed E-state index contributed by atoms with van der Waals surface area (Å²) in [5, 5.41) is 6.90. The van der Waals surface area contributed by atoms with Gasteiger partial charge in [-0.3, -0.25) is 4.79 Å². The average molecular weight is 652 g/mol. The first-order valence-corrected chi connectivity index (χ1v) is 17.6. The number of benzene rings is 2. The van der Waals surface area contributed by atoms with Crippen molar-refractivity contribution in [1.29, 1.82) is 0 Å². The van der Waals surface area contributed by atoms with Crippen LogP contribution in [0.2, 0.25) is 5.02 Å². The van der Waals surface area contributed by atoms with Gasteiger partial charge in [0.15, 0.2) is 0 Å². The van der Waals surface area contributed by atoms with Gasteiger partial charge in [-0.05, 0) is 72.8 Å². The van der Waals surface area contributed by atoms with Gasteiger partial charge >= 0.3 is 0 Å². The Morgan fingerprint density at radius 2 is 1.80 bits per heavy atom. The Kier molecular flexibility index (Phi) is 10.7. The molecule has 7 nitrogen and oxygen atoms in total. The Bertz CT molecular complexity index is 1360. The number of hydrogen-bond donors (Lipinski definition) is 2. The fourth-order valence-corrected chi connectivity index (χ4v) is 9.12. The van der Waals surface area contributed by atoms with Crippen LogP contribution in [-0.2, 0) is 19.6 Å². The fourth-order valence-electron chi connectivity index (χ4n) is 7.32. The third-order valence-corrected chi connectivity index (χ3v) is 12.1.